The molecule has 0 aromatic carbocycles. The van der Waals surface area contributed by atoms with Crippen LogP contribution in [-0.2, 0) is 9.53 Å². The number of unbranched alkanes of at least 4 members (excludes halogenated alkanes) is 13. The second-order valence-corrected chi connectivity index (χ2v) is 8.22. The highest BCUT2D eigenvalue weighted by molar-refractivity contribution is 5.74. The molecule has 0 spiro atoms. The van der Waals surface area contributed by atoms with E-state index in [1.807, 2.05) is 14.1 Å². The summed E-state index contributed by atoms with van der Waals surface area (Å²) in [4.78, 5) is 13.7. The van der Waals surface area contributed by atoms with Gasteiger partial charge in [-0.3, -0.25) is 0 Å². The third-order valence-electron chi connectivity index (χ3n) is 5.10. The van der Waals surface area contributed by atoms with E-state index < -0.39 is 12.1 Å². The van der Waals surface area contributed by atoms with Crippen molar-refractivity contribution >= 4 is 5.97 Å². The second-order valence-electron chi connectivity index (χ2n) is 8.22. The van der Waals surface area contributed by atoms with Crippen molar-refractivity contribution in [3.8, 4) is 0 Å². The summed E-state index contributed by atoms with van der Waals surface area (Å²) in [5.74, 6) is -0.455. The van der Waals surface area contributed by atoms with E-state index in [2.05, 4.69) is 11.8 Å². The van der Waals surface area contributed by atoms with Crippen LogP contribution in [0.25, 0.3) is 0 Å². The normalized spacial score (nSPS) is 12.5. The van der Waals surface area contributed by atoms with Crippen LogP contribution >= 0.6 is 0 Å². The SMILES string of the molecule is CCCCCCCCCCCCCCCCC(O)C(=O)OCCCN(C)C. The molecule has 1 N–H and O–H groups in total. The average Bonchev–Trinajstić information content (AvgIpc) is 2.65. The third-order valence-corrected chi connectivity index (χ3v) is 5.10. The van der Waals surface area contributed by atoms with E-state index in [9.17, 15) is 9.90 Å². The summed E-state index contributed by atoms with van der Waals surface area (Å²) in [7, 11) is 3.98. The number of ether oxygens (including phenoxy) is 1. The van der Waals surface area contributed by atoms with E-state index in [0.29, 0.717) is 13.0 Å². The van der Waals surface area contributed by atoms with Crippen molar-refractivity contribution in [2.45, 2.75) is 116 Å². The Morgan fingerprint density at radius 2 is 1.22 bits per heavy atom. The first-order valence-electron chi connectivity index (χ1n) is 11.6. The Kier molecular flexibility index (Phi) is 19.7. The lowest BCUT2D eigenvalue weighted by Crippen LogP contribution is -2.24. The van der Waals surface area contributed by atoms with Crippen LogP contribution in [0.5, 0.6) is 0 Å². The predicted octanol–water partition coefficient (Wildman–Crippen LogP) is 5.71. The molecular weight excluding hydrogens is 338 g/mol. The molecule has 0 radical (unpaired) electrons. The number of nitrogens with zero attached hydrogens (tertiary/aromatic N) is 1. The highest BCUT2D eigenvalue weighted by Gasteiger charge is 2.15. The van der Waals surface area contributed by atoms with E-state index in [-0.39, 0.29) is 0 Å². The number of hydrogen-bond acceptors (Lipinski definition) is 4. The Balaban J connectivity index is 3.28. The Hall–Kier alpha value is -0.610. The summed E-state index contributed by atoms with van der Waals surface area (Å²) in [6.07, 6.45) is 18.8. The highest BCUT2D eigenvalue weighted by Crippen LogP contribution is 2.14. The molecule has 4 nitrogen and oxygen atoms in total. The number of aliphatic hydroxyl groups excluding tert-OH is 1. The minimum atomic E-state index is -0.943. The Bertz CT molecular complexity index is 321. The van der Waals surface area contributed by atoms with Gasteiger partial charge in [0.2, 0.25) is 0 Å². The number of carbonyl (C=O) groups excluding carboxylic acids is 1. The van der Waals surface area contributed by atoms with Crippen LogP contribution in [0.4, 0.5) is 0 Å². The van der Waals surface area contributed by atoms with Gasteiger partial charge in [0, 0.05) is 6.54 Å². The molecule has 0 saturated carbocycles. The monoisotopic (exact) mass is 385 g/mol. The van der Waals surface area contributed by atoms with E-state index in [1.165, 1.54) is 77.0 Å². The topological polar surface area (TPSA) is 49.8 Å². The lowest BCUT2D eigenvalue weighted by atomic mass is 10.0. The molecule has 0 bridgehead atoms. The maximum atomic E-state index is 11.7. The van der Waals surface area contributed by atoms with Gasteiger partial charge in [-0.2, -0.15) is 0 Å². The fourth-order valence-electron chi connectivity index (χ4n) is 3.30. The van der Waals surface area contributed by atoms with Crippen LogP contribution in [0.1, 0.15) is 110 Å². The van der Waals surface area contributed by atoms with Gasteiger partial charge < -0.3 is 14.7 Å². The molecule has 0 aromatic heterocycles. The van der Waals surface area contributed by atoms with Gasteiger partial charge in [-0.15, -0.1) is 0 Å². The number of carbonyl (C=O) groups is 1. The third kappa shape index (κ3) is 19.9. The molecule has 0 aliphatic rings. The number of esters is 1. The molecule has 0 aliphatic heterocycles. The van der Waals surface area contributed by atoms with Crippen molar-refractivity contribution in [3.63, 3.8) is 0 Å². The van der Waals surface area contributed by atoms with Gasteiger partial charge >= 0.3 is 5.97 Å². The summed E-state index contributed by atoms with van der Waals surface area (Å²) in [5, 5.41) is 9.83. The van der Waals surface area contributed by atoms with E-state index in [0.717, 1.165) is 25.8 Å². The molecule has 1 atom stereocenters. The van der Waals surface area contributed by atoms with Crippen LogP contribution < -0.4 is 0 Å². The Morgan fingerprint density at radius 1 is 0.778 bits per heavy atom. The van der Waals surface area contributed by atoms with E-state index in [1.54, 1.807) is 0 Å². The molecule has 0 heterocycles. The van der Waals surface area contributed by atoms with Crippen LogP contribution in [-0.4, -0.2) is 49.3 Å². The first-order chi connectivity index (χ1) is 13.1. The Morgan fingerprint density at radius 3 is 1.67 bits per heavy atom. The van der Waals surface area contributed by atoms with Crippen molar-refractivity contribution in [1.82, 2.24) is 4.90 Å². The minimum Gasteiger partial charge on any atom is -0.464 e. The zero-order valence-electron chi connectivity index (χ0n) is 18.5. The first-order valence-corrected chi connectivity index (χ1v) is 11.6. The molecule has 4 heteroatoms. The molecule has 0 saturated heterocycles. The molecule has 162 valence electrons. The fraction of sp³-hybridized carbons (Fsp3) is 0.957. The van der Waals surface area contributed by atoms with Crippen LogP contribution in [0.2, 0.25) is 0 Å². The Labute approximate surface area is 169 Å². The molecule has 0 amide bonds. The van der Waals surface area contributed by atoms with Crippen molar-refractivity contribution in [2.24, 2.45) is 0 Å². The fourth-order valence-corrected chi connectivity index (χ4v) is 3.30. The number of aliphatic hydroxyl groups is 1. The molecule has 0 rings (SSSR count). The molecule has 0 fully saturated rings. The zero-order chi connectivity index (χ0) is 20.2. The summed E-state index contributed by atoms with van der Waals surface area (Å²) < 4.78 is 5.11. The smallest absolute Gasteiger partial charge is 0.334 e. The van der Waals surface area contributed by atoms with Crippen LogP contribution in [0.3, 0.4) is 0 Å². The highest BCUT2D eigenvalue weighted by atomic mass is 16.5. The minimum absolute atomic E-state index is 0.396. The van der Waals surface area contributed by atoms with Gasteiger partial charge in [-0.25, -0.2) is 4.79 Å². The average molecular weight is 386 g/mol. The zero-order valence-corrected chi connectivity index (χ0v) is 18.5. The first kappa shape index (κ1) is 26.4. The lowest BCUT2D eigenvalue weighted by molar-refractivity contribution is -0.154. The van der Waals surface area contributed by atoms with E-state index >= 15 is 0 Å². The van der Waals surface area contributed by atoms with Gasteiger partial charge in [-0.05, 0) is 26.9 Å². The van der Waals surface area contributed by atoms with Gasteiger partial charge in [0.25, 0.3) is 0 Å². The maximum absolute atomic E-state index is 11.7. The molecular formula is C23H47NO3. The van der Waals surface area contributed by atoms with Crippen molar-refractivity contribution in [2.75, 3.05) is 27.2 Å². The van der Waals surface area contributed by atoms with Gasteiger partial charge in [0.15, 0.2) is 6.10 Å². The van der Waals surface area contributed by atoms with Crippen molar-refractivity contribution < 1.29 is 14.6 Å². The summed E-state index contributed by atoms with van der Waals surface area (Å²) in [6, 6.07) is 0. The number of rotatable bonds is 20. The lowest BCUT2D eigenvalue weighted by Gasteiger charge is -2.12. The van der Waals surface area contributed by atoms with Crippen molar-refractivity contribution in [3.05, 3.63) is 0 Å². The molecule has 27 heavy (non-hydrogen) atoms. The van der Waals surface area contributed by atoms with Crippen molar-refractivity contribution in [1.29, 1.82) is 0 Å². The predicted molar refractivity (Wildman–Crippen MR) is 115 cm³/mol. The number of hydrogen-bond donors (Lipinski definition) is 1. The summed E-state index contributed by atoms with van der Waals surface area (Å²) in [5.41, 5.74) is 0. The molecule has 1 unspecified atom stereocenters. The second kappa shape index (κ2) is 20.1. The maximum Gasteiger partial charge on any atom is 0.334 e. The van der Waals surface area contributed by atoms with Gasteiger partial charge in [0.05, 0.1) is 6.61 Å². The van der Waals surface area contributed by atoms with E-state index in [4.69, 9.17) is 4.74 Å². The quantitative estimate of drug-likeness (QED) is 0.215. The standard InChI is InChI=1S/C23H47NO3/c1-4-5-6-7-8-9-10-11-12-13-14-15-16-17-19-22(25)23(26)27-21-18-20-24(2)3/h22,25H,4-21H2,1-3H3. The molecule has 0 aliphatic carbocycles. The van der Waals surface area contributed by atoms with Gasteiger partial charge in [-0.1, -0.05) is 96.8 Å². The largest absolute Gasteiger partial charge is 0.464 e. The summed E-state index contributed by atoms with van der Waals surface area (Å²) in [6.45, 7) is 3.56. The summed E-state index contributed by atoms with van der Waals surface area (Å²) >= 11 is 0. The molecule has 0 aromatic rings. The van der Waals surface area contributed by atoms with Gasteiger partial charge in [0.1, 0.15) is 0 Å². The van der Waals surface area contributed by atoms with Crippen LogP contribution in [0, 0.1) is 0 Å². The van der Waals surface area contributed by atoms with Crippen LogP contribution in [0.15, 0.2) is 0 Å².